The van der Waals surface area contributed by atoms with E-state index in [4.69, 9.17) is 0 Å². The van der Waals surface area contributed by atoms with E-state index in [1.54, 1.807) is 0 Å². The van der Waals surface area contributed by atoms with E-state index in [9.17, 15) is 14.9 Å². The number of carbonyl (C=O) groups is 1. The van der Waals surface area contributed by atoms with Crippen molar-refractivity contribution in [3.8, 4) is 0 Å². The number of likely N-dealkylation sites (tertiary alicyclic amines) is 1. The van der Waals surface area contributed by atoms with Crippen LogP contribution in [0.4, 0.5) is 11.5 Å². The number of rotatable bonds is 5. The lowest BCUT2D eigenvalue weighted by Gasteiger charge is -2.44. The van der Waals surface area contributed by atoms with Crippen LogP contribution in [0.15, 0.2) is 12.1 Å². The highest BCUT2D eigenvalue weighted by Crippen LogP contribution is 2.32. The molecule has 2 heterocycles. The smallest absolute Gasteiger partial charge is 0.356 e. The Hall–Kier alpha value is -2.22. The number of hydrogen-bond acceptors (Lipinski definition) is 7. The highest BCUT2D eigenvalue weighted by molar-refractivity contribution is 5.88. The van der Waals surface area contributed by atoms with E-state index in [0.717, 1.165) is 25.9 Å². The van der Waals surface area contributed by atoms with E-state index >= 15 is 0 Å². The second-order valence-electron chi connectivity index (χ2n) is 6.38. The summed E-state index contributed by atoms with van der Waals surface area (Å²) < 4.78 is 4.63. The van der Waals surface area contributed by atoms with Gasteiger partial charge in [0.15, 0.2) is 5.69 Å². The van der Waals surface area contributed by atoms with Gasteiger partial charge in [0.2, 0.25) is 5.82 Å². The van der Waals surface area contributed by atoms with Gasteiger partial charge in [-0.25, -0.2) is 9.78 Å². The van der Waals surface area contributed by atoms with Gasteiger partial charge < -0.3 is 15.0 Å². The highest BCUT2D eigenvalue weighted by Gasteiger charge is 2.35. The minimum Gasteiger partial charge on any atom is -0.464 e. The van der Waals surface area contributed by atoms with Crippen LogP contribution in [0.25, 0.3) is 0 Å². The van der Waals surface area contributed by atoms with E-state index in [1.807, 2.05) is 0 Å². The second-order valence-corrected chi connectivity index (χ2v) is 6.38. The summed E-state index contributed by atoms with van der Waals surface area (Å²) in [6.45, 7) is 2.29. The summed E-state index contributed by atoms with van der Waals surface area (Å²) in [5.74, 6) is -0.460. The first-order valence-corrected chi connectivity index (χ1v) is 8.33. The minimum absolute atomic E-state index is 0.0671. The molecule has 1 saturated heterocycles. The predicted molar refractivity (Wildman–Crippen MR) is 88.1 cm³/mol. The van der Waals surface area contributed by atoms with Crippen molar-refractivity contribution in [3.05, 3.63) is 27.9 Å². The average molecular weight is 334 g/mol. The molecule has 0 atom stereocenters. The largest absolute Gasteiger partial charge is 0.464 e. The summed E-state index contributed by atoms with van der Waals surface area (Å²) in [6.07, 6.45) is 5.70. The molecule has 0 radical (unpaired) electrons. The number of piperidine rings is 1. The third-order valence-corrected chi connectivity index (χ3v) is 4.83. The van der Waals surface area contributed by atoms with Crippen molar-refractivity contribution in [1.29, 1.82) is 0 Å². The van der Waals surface area contributed by atoms with Gasteiger partial charge in [0.1, 0.15) is 0 Å². The van der Waals surface area contributed by atoms with Crippen LogP contribution in [0, 0.1) is 10.1 Å². The van der Waals surface area contributed by atoms with Crippen LogP contribution in [0.3, 0.4) is 0 Å². The molecule has 0 amide bonds. The van der Waals surface area contributed by atoms with E-state index in [1.165, 1.54) is 38.5 Å². The summed E-state index contributed by atoms with van der Waals surface area (Å²) >= 11 is 0. The van der Waals surface area contributed by atoms with E-state index in [2.05, 4.69) is 19.9 Å². The molecule has 3 rings (SSSR count). The molecular weight excluding hydrogens is 312 g/mol. The molecule has 1 aromatic heterocycles. The third kappa shape index (κ3) is 3.48. The summed E-state index contributed by atoms with van der Waals surface area (Å²) in [4.78, 5) is 28.9. The van der Waals surface area contributed by atoms with E-state index in [0.29, 0.717) is 6.04 Å². The lowest BCUT2D eigenvalue weighted by molar-refractivity contribution is -0.384. The van der Waals surface area contributed by atoms with Crippen LogP contribution >= 0.6 is 0 Å². The molecule has 0 spiro atoms. The molecule has 0 bridgehead atoms. The Kier molecular flexibility index (Phi) is 4.94. The fourth-order valence-electron chi connectivity index (χ4n) is 3.40. The number of esters is 1. The lowest BCUT2D eigenvalue weighted by Crippen LogP contribution is -2.51. The number of anilines is 1. The van der Waals surface area contributed by atoms with Gasteiger partial charge in [0.25, 0.3) is 0 Å². The van der Waals surface area contributed by atoms with Crippen molar-refractivity contribution in [2.45, 2.75) is 44.2 Å². The maximum atomic E-state index is 11.6. The van der Waals surface area contributed by atoms with Crippen molar-refractivity contribution in [2.24, 2.45) is 0 Å². The fourth-order valence-corrected chi connectivity index (χ4v) is 3.40. The number of hydrogen-bond donors (Lipinski definition) is 1. The van der Waals surface area contributed by atoms with Crippen molar-refractivity contribution in [3.63, 3.8) is 0 Å². The van der Waals surface area contributed by atoms with Crippen LogP contribution in [-0.2, 0) is 4.74 Å². The Morgan fingerprint density at radius 3 is 2.67 bits per heavy atom. The molecule has 0 unspecified atom stereocenters. The monoisotopic (exact) mass is 334 g/mol. The number of methoxy groups -OCH3 is 1. The van der Waals surface area contributed by atoms with E-state index < -0.39 is 10.9 Å². The van der Waals surface area contributed by atoms with Crippen LogP contribution in [0.5, 0.6) is 0 Å². The van der Waals surface area contributed by atoms with Crippen LogP contribution in [-0.4, -0.2) is 53.1 Å². The molecule has 1 N–H and O–H groups in total. The second kappa shape index (κ2) is 7.12. The maximum Gasteiger partial charge on any atom is 0.356 e. The van der Waals surface area contributed by atoms with Gasteiger partial charge in [-0.05, 0) is 44.8 Å². The first kappa shape index (κ1) is 16.6. The molecule has 1 saturated carbocycles. The first-order valence-electron chi connectivity index (χ1n) is 8.33. The van der Waals surface area contributed by atoms with Gasteiger partial charge >= 0.3 is 11.7 Å². The number of aromatic nitrogens is 1. The van der Waals surface area contributed by atoms with Crippen LogP contribution < -0.4 is 5.32 Å². The zero-order valence-electron chi connectivity index (χ0n) is 13.7. The zero-order chi connectivity index (χ0) is 17.1. The lowest BCUT2D eigenvalue weighted by atomic mass is 9.84. The topological polar surface area (TPSA) is 97.6 Å². The zero-order valence-corrected chi connectivity index (χ0v) is 13.7. The fraction of sp³-hybridized carbons (Fsp3) is 0.625. The third-order valence-electron chi connectivity index (χ3n) is 4.83. The van der Waals surface area contributed by atoms with Gasteiger partial charge in [-0.3, -0.25) is 10.1 Å². The first-order chi connectivity index (χ1) is 11.6. The number of pyridine rings is 1. The van der Waals surface area contributed by atoms with Crippen molar-refractivity contribution in [2.75, 3.05) is 25.5 Å². The molecule has 1 aliphatic heterocycles. The minimum atomic E-state index is -0.604. The molecule has 2 aliphatic rings. The van der Waals surface area contributed by atoms with Crippen molar-refractivity contribution in [1.82, 2.24) is 9.88 Å². The molecule has 2 fully saturated rings. The van der Waals surface area contributed by atoms with E-state index in [-0.39, 0.29) is 23.2 Å². The molecule has 8 nitrogen and oxygen atoms in total. The van der Waals surface area contributed by atoms with Gasteiger partial charge in [-0.2, -0.15) is 0 Å². The molecule has 1 aromatic rings. The summed E-state index contributed by atoms with van der Waals surface area (Å²) in [5, 5.41) is 14.3. The number of nitro groups is 1. The molecule has 130 valence electrons. The number of nitrogens with one attached hydrogen (secondary N) is 1. The number of ether oxygens (including phenoxy) is 1. The number of nitrogens with zero attached hydrogens (tertiary/aromatic N) is 3. The average Bonchev–Trinajstić information content (AvgIpc) is 2.57. The van der Waals surface area contributed by atoms with Crippen LogP contribution in [0.2, 0.25) is 0 Å². The van der Waals surface area contributed by atoms with Crippen molar-refractivity contribution < 1.29 is 14.5 Å². The summed E-state index contributed by atoms with van der Waals surface area (Å²) in [6, 6.07) is 3.30. The Bertz CT molecular complexity index is 625. The normalized spacial score (nSPS) is 24.0. The summed E-state index contributed by atoms with van der Waals surface area (Å²) in [7, 11) is 1.26. The molecular formula is C16H22N4O4. The van der Waals surface area contributed by atoms with Gasteiger partial charge in [-0.1, -0.05) is 6.42 Å². The number of carbonyl (C=O) groups excluding carboxylic acids is 1. The maximum absolute atomic E-state index is 11.6. The molecule has 0 aromatic carbocycles. The molecule has 24 heavy (non-hydrogen) atoms. The quantitative estimate of drug-likeness (QED) is 0.501. The Morgan fingerprint density at radius 2 is 2.04 bits per heavy atom. The predicted octanol–water partition coefficient (Wildman–Crippen LogP) is 2.21. The SMILES string of the molecule is COC(=O)c1ccc([N+](=O)[O-])c(NC2CC(N3CCCCC3)C2)n1. The van der Waals surface area contributed by atoms with Crippen LogP contribution in [0.1, 0.15) is 42.6 Å². The van der Waals surface area contributed by atoms with Gasteiger partial charge in [0, 0.05) is 18.2 Å². The van der Waals surface area contributed by atoms with Gasteiger partial charge in [-0.15, -0.1) is 0 Å². The molecule has 8 heteroatoms. The highest BCUT2D eigenvalue weighted by atomic mass is 16.6. The Labute approximate surface area is 140 Å². The Morgan fingerprint density at radius 1 is 1.33 bits per heavy atom. The molecule has 1 aliphatic carbocycles. The van der Waals surface area contributed by atoms with Gasteiger partial charge in [0.05, 0.1) is 12.0 Å². The summed E-state index contributed by atoms with van der Waals surface area (Å²) in [5.41, 5.74) is -0.0541. The Balaban J connectivity index is 1.66. The standard InChI is InChI=1S/C16H22N4O4/c1-24-16(21)13-5-6-14(20(22)23)15(18-13)17-11-9-12(10-11)19-7-3-2-4-8-19/h5-6,11-12H,2-4,7-10H2,1H3,(H,17,18). The van der Waals surface area contributed by atoms with Crippen molar-refractivity contribution >= 4 is 17.5 Å².